The quantitative estimate of drug-likeness (QED) is 0.621. The minimum Gasteiger partial charge on any atom is -0.351 e. The summed E-state index contributed by atoms with van der Waals surface area (Å²) in [4.78, 5) is 26.9. The largest absolute Gasteiger partial charge is 0.351 e. The van der Waals surface area contributed by atoms with Gasteiger partial charge in [-0.1, -0.05) is 29.5 Å². The number of benzene rings is 2. The second-order valence-corrected chi connectivity index (χ2v) is 7.61. The molecule has 4 rings (SSSR count). The van der Waals surface area contributed by atoms with Gasteiger partial charge in [-0.05, 0) is 55.2 Å². The molecule has 0 unspecified atom stereocenters. The molecule has 1 aliphatic heterocycles. The molecular formula is C23H24FN5O2. The lowest BCUT2D eigenvalue weighted by atomic mass is 9.99. The fourth-order valence-corrected chi connectivity index (χ4v) is 3.76. The summed E-state index contributed by atoms with van der Waals surface area (Å²) in [6.07, 6.45) is 1.80. The standard InChI is InChI=1S/C23H24FN5O2/c1-16-22(26-27-29(16)20-10-8-19(24)9-11-20)23(31)25-13-4-7-21(30)28-14-12-17-5-2-3-6-18(17)15-28/h2-3,5-6,8-11H,4,7,12-15H2,1H3,(H,25,31). The van der Waals surface area contributed by atoms with E-state index in [0.29, 0.717) is 37.3 Å². The zero-order valence-electron chi connectivity index (χ0n) is 17.3. The average Bonchev–Trinajstić information content (AvgIpc) is 3.18. The Morgan fingerprint density at radius 3 is 2.61 bits per heavy atom. The van der Waals surface area contributed by atoms with E-state index in [9.17, 15) is 14.0 Å². The molecule has 0 saturated heterocycles. The van der Waals surface area contributed by atoms with Gasteiger partial charge < -0.3 is 10.2 Å². The fraction of sp³-hybridized carbons (Fsp3) is 0.304. The van der Waals surface area contributed by atoms with E-state index in [1.54, 1.807) is 19.1 Å². The summed E-state index contributed by atoms with van der Waals surface area (Å²) in [5, 5.41) is 10.8. The van der Waals surface area contributed by atoms with E-state index in [4.69, 9.17) is 0 Å². The molecule has 3 aromatic rings. The number of halogens is 1. The minimum atomic E-state index is -0.345. The van der Waals surface area contributed by atoms with Gasteiger partial charge in [-0.2, -0.15) is 0 Å². The summed E-state index contributed by atoms with van der Waals surface area (Å²) in [6.45, 7) is 3.48. The first-order chi connectivity index (χ1) is 15.0. The van der Waals surface area contributed by atoms with Crippen LogP contribution in [0.4, 0.5) is 4.39 Å². The maximum Gasteiger partial charge on any atom is 0.273 e. The van der Waals surface area contributed by atoms with Crippen LogP contribution in [0.1, 0.15) is 40.2 Å². The van der Waals surface area contributed by atoms with E-state index < -0.39 is 0 Å². The van der Waals surface area contributed by atoms with E-state index >= 15 is 0 Å². The van der Waals surface area contributed by atoms with Gasteiger partial charge in [0.1, 0.15) is 5.82 Å². The minimum absolute atomic E-state index is 0.0992. The molecule has 1 aliphatic rings. The van der Waals surface area contributed by atoms with Crippen molar-refractivity contribution in [3.63, 3.8) is 0 Å². The lowest BCUT2D eigenvalue weighted by molar-refractivity contribution is -0.132. The third kappa shape index (κ3) is 4.63. The molecule has 2 heterocycles. The number of carbonyl (C=O) groups is 2. The average molecular weight is 421 g/mol. The van der Waals surface area contributed by atoms with E-state index in [2.05, 4.69) is 27.8 Å². The Kier molecular flexibility index (Phi) is 6.06. The van der Waals surface area contributed by atoms with Crippen molar-refractivity contribution in [1.82, 2.24) is 25.2 Å². The van der Waals surface area contributed by atoms with Crippen LogP contribution in [0.15, 0.2) is 48.5 Å². The van der Waals surface area contributed by atoms with Crippen LogP contribution in [0, 0.1) is 12.7 Å². The molecule has 0 fully saturated rings. The van der Waals surface area contributed by atoms with Crippen LogP contribution in [0.25, 0.3) is 5.69 Å². The molecule has 0 saturated carbocycles. The Bertz CT molecular complexity index is 1090. The van der Waals surface area contributed by atoms with Crippen molar-refractivity contribution in [3.8, 4) is 5.69 Å². The topological polar surface area (TPSA) is 80.1 Å². The number of nitrogens with one attached hydrogen (secondary N) is 1. The SMILES string of the molecule is Cc1c(C(=O)NCCCC(=O)N2CCc3ccccc3C2)nnn1-c1ccc(F)cc1. The number of amides is 2. The van der Waals surface area contributed by atoms with Crippen molar-refractivity contribution in [3.05, 3.63) is 76.9 Å². The van der Waals surface area contributed by atoms with E-state index in [-0.39, 0.29) is 23.3 Å². The highest BCUT2D eigenvalue weighted by Gasteiger charge is 2.20. The zero-order chi connectivity index (χ0) is 21.8. The van der Waals surface area contributed by atoms with Crippen LogP contribution >= 0.6 is 0 Å². The zero-order valence-corrected chi connectivity index (χ0v) is 17.3. The Morgan fingerprint density at radius 2 is 1.84 bits per heavy atom. The van der Waals surface area contributed by atoms with Crippen molar-refractivity contribution in [1.29, 1.82) is 0 Å². The number of nitrogens with zero attached hydrogens (tertiary/aromatic N) is 4. The molecule has 0 atom stereocenters. The summed E-state index contributed by atoms with van der Waals surface area (Å²) >= 11 is 0. The lowest BCUT2D eigenvalue weighted by Gasteiger charge is -2.29. The molecule has 7 nitrogen and oxygen atoms in total. The van der Waals surface area contributed by atoms with Gasteiger partial charge in [0.2, 0.25) is 5.91 Å². The maximum atomic E-state index is 13.1. The number of aromatic nitrogens is 3. The second kappa shape index (κ2) is 9.07. The lowest BCUT2D eigenvalue weighted by Crippen LogP contribution is -2.36. The summed E-state index contributed by atoms with van der Waals surface area (Å²) in [5.41, 5.74) is 3.91. The van der Waals surface area contributed by atoms with Crippen molar-refractivity contribution in [2.24, 2.45) is 0 Å². The highest BCUT2D eigenvalue weighted by molar-refractivity contribution is 5.93. The van der Waals surface area contributed by atoms with Gasteiger partial charge in [0.25, 0.3) is 5.91 Å². The van der Waals surface area contributed by atoms with Crippen molar-refractivity contribution < 1.29 is 14.0 Å². The number of carbonyl (C=O) groups excluding carboxylic acids is 2. The summed E-state index contributed by atoms with van der Waals surface area (Å²) < 4.78 is 14.6. The van der Waals surface area contributed by atoms with Gasteiger partial charge in [0, 0.05) is 26.1 Å². The molecule has 0 bridgehead atoms. The van der Waals surface area contributed by atoms with Crippen molar-refractivity contribution in [2.75, 3.05) is 13.1 Å². The molecule has 1 aromatic heterocycles. The summed E-state index contributed by atoms with van der Waals surface area (Å²) in [5.74, 6) is -0.588. The van der Waals surface area contributed by atoms with Gasteiger partial charge in [-0.15, -0.1) is 5.10 Å². The van der Waals surface area contributed by atoms with Gasteiger partial charge in [-0.3, -0.25) is 9.59 Å². The third-order valence-electron chi connectivity index (χ3n) is 5.52. The van der Waals surface area contributed by atoms with Crippen LogP contribution in [0.2, 0.25) is 0 Å². The molecule has 0 spiro atoms. The number of fused-ring (bicyclic) bond motifs is 1. The van der Waals surface area contributed by atoms with Gasteiger partial charge in [0.05, 0.1) is 11.4 Å². The molecule has 8 heteroatoms. The number of hydrogen-bond acceptors (Lipinski definition) is 4. The smallest absolute Gasteiger partial charge is 0.273 e. The Labute approximate surface area is 179 Å². The maximum absolute atomic E-state index is 13.1. The van der Waals surface area contributed by atoms with Crippen LogP contribution in [-0.2, 0) is 17.8 Å². The molecule has 1 N–H and O–H groups in total. The molecule has 160 valence electrons. The predicted octanol–water partition coefficient (Wildman–Crippen LogP) is 2.81. The first kappa shape index (κ1) is 20.7. The first-order valence-corrected chi connectivity index (χ1v) is 10.3. The van der Waals surface area contributed by atoms with Gasteiger partial charge in [-0.25, -0.2) is 9.07 Å². The number of hydrogen-bond donors (Lipinski definition) is 1. The third-order valence-corrected chi connectivity index (χ3v) is 5.52. The summed E-state index contributed by atoms with van der Waals surface area (Å²) in [7, 11) is 0. The first-order valence-electron chi connectivity index (χ1n) is 10.3. The second-order valence-electron chi connectivity index (χ2n) is 7.61. The van der Waals surface area contributed by atoms with Gasteiger partial charge in [0.15, 0.2) is 5.69 Å². The van der Waals surface area contributed by atoms with Crippen LogP contribution in [0.3, 0.4) is 0 Å². The van der Waals surface area contributed by atoms with Crippen LogP contribution in [0.5, 0.6) is 0 Å². The van der Waals surface area contributed by atoms with Gasteiger partial charge >= 0.3 is 0 Å². The molecule has 2 amide bonds. The van der Waals surface area contributed by atoms with Crippen molar-refractivity contribution >= 4 is 11.8 Å². The van der Waals surface area contributed by atoms with E-state index in [1.807, 2.05) is 17.0 Å². The molecule has 0 aliphatic carbocycles. The molecule has 31 heavy (non-hydrogen) atoms. The molecule has 2 aromatic carbocycles. The van der Waals surface area contributed by atoms with Crippen molar-refractivity contribution in [2.45, 2.75) is 32.7 Å². The fourth-order valence-electron chi connectivity index (χ4n) is 3.76. The van der Waals surface area contributed by atoms with E-state index in [1.165, 1.54) is 27.9 Å². The van der Waals surface area contributed by atoms with E-state index in [0.717, 1.165) is 13.0 Å². The molecule has 0 radical (unpaired) electrons. The monoisotopic (exact) mass is 421 g/mol. The number of rotatable bonds is 6. The normalized spacial score (nSPS) is 13.0. The molecular weight excluding hydrogens is 397 g/mol. The van der Waals surface area contributed by atoms with Crippen LogP contribution in [-0.4, -0.2) is 44.8 Å². The highest BCUT2D eigenvalue weighted by Crippen LogP contribution is 2.19. The Hall–Kier alpha value is -3.55. The Balaban J connectivity index is 1.26. The van der Waals surface area contributed by atoms with Crippen LogP contribution < -0.4 is 5.32 Å². The summed E-state index contributed by atoms with van der Waals surface area (Å²) in [6, 6.07) is 14.0. The Morgan fingerprint density at radius 1 is 1.10 bits per heavy atom. The highest BCUT2D eigenvalue weighted by atomic mass is 19.1. The predicted molar refractivity (Wildman–Crippen MR) is 113 cm³/mol.